The van der Waals surface area contributed by atoms with E-state index in [1.165, 1.54) is 56.3 Å². The lowest BCUT2D eigenvalue weighted by Gasteiger charge is -2.23. The Labute approximate surface area is 112 Å². The van der Waals surface area contributed by atoms with Gasteiger partial charge < -0.3 is 9.88 Å². The molecule has 2 heteroatoms. The van der Waals surface area contributed by atoms with Crippen LogP contribution >= 0.6 is 0 Å². The predicted octanol–water partition coefficient (Wildman–Crippen LogP) is 3.88. The third kappa shape index (κ3) is 3.38. The maximum Gasteiger partial charge on any atom is 0.0361 e. The molecule has 0 unspecified atom stereocenters. The zero-order chi connectivity index (χ0) is 12.8. The fraction of sp³-hybridized carbons (Fsp3) is 0.750. The van der Waals surface area contributed by atoms with Crippen molar-refractivity contribution in [2.75, 3.05) is 0 Å². The molecule has 0 radical (unpaired) electrons. The van der Waals surface area contributed by atoms with Crippen LogP contribution in [0.1, 0.15) is 63.8 Å². The first-order chi connectivity index (χ1) is 8.85. The van der Waals surface area contributed by atoms with Gasteiger partial charge in [-0.15, -0.1) is 0 Å². The topological polar surface area (TPSA) is 17.0 Å². The van der Waals surface area contributed by atoms with Crippen LogP contribution in [0.25, 0.3) is 0 Å². The summed E-state index contributed by atoms with van der Waals surface area (Å²) in [7, 11) is 0. The van der Waals surface area contributed by atoms with Gasteiger partial charge in [0.2, 0.25) is 0 Å². The summed E-state index contributed by atoms with van der Waals surface area (Å²) >= 11 is 0. The molecule has 0 bridgehead atoms. The first-order valence-corrected chi connectivity index (χ1v) is 7.75. The van der Waals surface area contributed by atoms with Crippen LogP contribution in [0.15, 0.2) is 12.1 Å². The summed E-state index contributed by atoms with van der Waals surface area (Å²) in [5.41, 5.74) is 2.96. The van der Waals surface area contributed by atoms with Crippen LogP contribution in [0.3, 0.4) is 0 Å². The van der Waals surface area contributed by atoms with Crippen LogP contribution in [0, 0.1) is 0 Å². The zero-order valence-corrected chi connectivity index (χ0v) is 12.0. The number of nitrogens with one attached hydrogen (secondary N) is 1. The summed E-state index contributed by atoms with van der Waals surface area (Å²) in [6.07, 6.45) is 9.44. The van der Waals surface area contributed by atoms with Gasteiger partial charge in [-0.05, 0) is 38.3 Å². The third-order valence-electron chi connectivity index (χ3n) is 4.16. The molecule has 1 aromatic heterocycles. The molecule has 1 aliphatic carbocycles. The van der Waals surface area contributed by atoms with E-state index in [0.717, 1.165) is 19.1 Å². The predicted molar refractivity (Wildman–Crippen MR) is 77.8 cm³/mol. The van der Waals surface area contributed by atoms with Crippen molar-refractivity contribution in [3.63, 3.8) is 0 Å². The normalized spacial score (nSPS) is 17.2. The second-order valence-corrected chi connectivity index (χ2v) is 5.53. The molecule has 0 saturated heterocycles. The second-order valence-electron chi connectivity index (χ2n) is 5.53. The fourth-order valence-corrected chi connectivity index (χ4v) is 3.15. The highest BCUT2D eigenvalue weighted by Crippen LogP contribution is 2.18. The van der Waals surface area contributed by atoms with Crippen molar-refractivity contribution in [2.45, 2.75) is 77.9 Å². The first kappa shape index (κ1) is 13.7. The van der Waals surface area contributed by atoms with Gasteiger partial charge in [0.25, 0.3) is 0 Å². The molecule has 2 nitrogen and oxygen atoms in total. The van der Waals surface area contributed by atoms with E-state index in [9.17, 15) is 0 Å². The lowest BCUT2D eigenvalue weighted by molar-refractivity contribution is 0.368. The van der Waals surface area contributed by atoms with Gasteiger partial charge in [0.1, 0.15) is 0 Å². The van der Waals surface area contributed by atoms with Crippen LogP contribution in [-0.4, -0.2) is 10.6 Å². The summed E-state index contributed by atoms with van der Waals surface area (Å²) in [6, 6.07) is 5.38. The lowest BCUT2D eigenvalue weighted by Crippen LogP contribution is -2.31. The minimum Gasteiger partial charge on any atom is -0.348 e. The SMILES string of the molecule is CCCc1ccc(CNC2CCCCC2)n1CC. The van der Waals surface area contributed by atoms with E-state index in [1.54, 1.807) is 0 Å². The number of hydrogen-bond donors (Lipinski definition) is 1. The first-order valence-electron chi connectivity index (χ1n) is 7.75. The van der Waals surface area contributed by atoms with Gasteiger partial charge in [0.05, 0.1) is 0 Å². The van der Waals surface area contributed by atoms with E-state index in [-0.39, 0.29) is 0 Å². The molecule has 2 rings (SSSR count). The third-order valence-corrected chi connectivity index (χ3v) is 4.16. The van der Waals surface area contributed by atoms with E-state index in [1.807, 2.05) is 0 Å². The number of aryl methyl sites for hydroxylation is 1. The van der Waals surface area contributed by atoms with Gasteiger partial charge in [-0.1, -0.05) is 32.6 Å². The largest absolute Gasteiger partial charge is 0.348 e. The molecule has 1 aromatic rings. The summed E-state index contributed by atoms with van der Waals surface area (Å²) < 4.78 is 2.49. The van der Waals surface area contributed by atoms with Crippen LogP contribution < -0.4 is 5.32 Å². The van der Waals surface area contributed by atoms with E-state index >= 15 is 0 Å². The minimum absolute atomic E-state index is 0.758. The zero-order valence-electron chi connectivity index (χ0n) is 12.0. The lowest BCUT2D eigenvalue weighted by atomic mass is 9.95. The summed E-state index contributed by atoms with van der Waals surface area (Å²) in [5, 5.41) is 3.75. The summed E-state index contributed by atoms with van der Waals surface area (Å²) in [5.74, 6) is 0. The standard InChI is InChI=1S/C16H28N2/c1-3-8-15-11-12-16(18(15)4-2)13-17-14-9-6-5-7-10-14/h11-12,14,17H,3-10,13H2,1-2H3. The maximum absolute atomic E-state index is 3.75. The molecule has 0 spiro atoms. The molecule has 1 aliphatic rings. The molecule has 1 N–H and O–H groups in total. The van der Waals surface area contributed by atoms with E-state index in [0.29, 0.717) is 0 Å². The average molecular weight is 248 g/mol. The van der Waals surface area contributed by atoms with Crippen molar-refractivity contribution in [3.8, 4) is 0 Å². The Morgan fingerprint density at radius 1 is 1.11 bits per heavy atom. The smallest absolute Gasteiger partial charge is 0.0361 e. The Kier molecular flexibility index (Phi) is 5.30. The molecule has 0 aliphatic heterocycles. The molecule has 1 fully saturated rings. The van der Waals surface area contributed by atoms with Crippen LogP contribution in [0.2, 0.25) is 0 Å². The molecule has 0 aromatic carbocycles. The summed E-state index contributed by atoms with van der Waals surface area (Å²) in [6.45, 7) is 6.66. The van der Waals surface area contributed by atoms with Gasteiger partial charge >= 0.3 is 0 Å². The maximum atomic E-state index is 3.75. The Balaban J connectivity index is 1.91. The minimum atomic E-state index is 0.758. The second kappa shape index (κ2) is 6.98. The van der Waals surface area contributed by atoms with E-state index < -0.39 is 0 Å². The van der Waals surface area contributed by atoms with Gasteiger partial charge in [0, 0.05) is 30.5 Å². The van der Waals surface area contributed by atoms with Crippen molar-refractivity contribution in [1.29, 1.82) is 0 Å². The summed E-state index contributed by atoms with van der Waals surface area (Å²) in [4.78, 5) is 0. The highest BCUT2D eigenvalue weighted by molar-refractivity contribution is 5.16. The van der Waals surface area contributed by atoms with Gasteiger partial charge in [-0.25, -0.2) is 0 Å². The number of nitrogens with zero attached hydrogens (tertiary/aromatic N) is 1. The van der Waals surface area contributed by atoms with Crippen molar-refractivity contribution in [3.05, 3.63) is 23.5 Å². The van der Waals surface area contributed by atoms with Gasteiger partial charge in [0.15, 0.2) is 0 Å². The van der Waals surface area contributed by atoms with Crippen LogP contribution in [0.5, 0.6) is 0 Å². The molecular formula is C16H28N2. The molecule has 0 amide bonds. The highest BCUT2D eigenvalue weighted by Gasteiger charge is 2.13. The van der Waals surface area contributed by atoms with Crippen molar-refractivity contribution < 1.29 is 0 Å². The number of hydrogen-bond acceptors (Lipinski definition) is 1. The Morgan fingerprint density at radius 2 is 1.83 bits per heavy atom. The van der Waals surface area contributed by atoms with E-state index in [4.69, 9.17) is 0 Å². The molecular weight excluding hydrogens is 220 g/mol. The molecule has 1 heterocycles. The fourth-order valence-electron chi connectivity index (χ4n) is 3.15. The molecule has 1 saturated carbocycles. The Morgan fingerprint density at radius 3 is 2.50 bits per heavy atom. The molecule has 18 heavy (non-hydrogen) atoms. The van der Waals surface area contributed by atoms with Crippen molar-refractivity contribution >= 4 is 0 Å². The molecule has 0 atom stereocenters. The van der Waals surface area contributed by atoms with Crippen LogP contribution in [0.4, 0.5) is 0 Å². The highest BCUT2D eigenvalue weighted by atomic mass is 15.0. The van der Waals surface area contributed by atoms with Crippen molar-refractivity contribution in [1.82, 2.24) is 9.88 Å². The molecule has 102 valence electrons. The Bertz CT molecular complexity index is 348. The van der Waals surface area contributed by atoms with E-state index in [2.05, 4.69) is 35.9 Å². The average Bonchev–Trinajstić information content (AvgIpc) is 2.80. The van der Waals surface area contributed by atoms with Crippen LogP contribution in [-0.2, 0) is 19.5 Å². The van der Waals surface area contributed by atoms with Gasteiger partial charge in [-0.2, -0.15) is 0 Å². The Hall–Kier alpha value is -0.760. The number of aromatic nitrogens is 1. The number of rotatable bonds is 6. The van der Waals surface area contributed by atoms with Crippen molar-refractivity contribution in [2.24, 2.45) is 0 Å². The van der Waals surface area contributed by atoms with Gasteiger partial charge in [-0.3, -0.25) is 0 Å². The quantitative estimate of drug-likeness (QED) is 0.808. The monoisotopic (exact) mass is 248 g/mol.